The van der Waals surface area contributed by atoms with Crippen LogP contribution in [-0.4, -0.2) is 35.7 Å². The predicted molar refractivity (Wildman–Crippen MR) is 76.8 cm³/mol. The van der Waals surface area contributed by atoms with E-state index in [1.54, 1.807) is 13.8 Å². The molecule has 0 aromatic carbocycles. The number of esters is 1. The topological polar surface area (TPSA) is 137 Å². The van der Waals surface area contributed by atoms with Gasteiger partial charge < -0.3 is 25.6 Å². The molecule has 122 valence electrons. The molecule has 0 aliphatic heterocycles. The molecule has 0 aliphatic carbocycles. The summed E-state index contributed by atoms with van der Waals surface area (Å²) in [6.07, 6.45) is 0.629. The lowest BCUT2D eigenvalue weighted by atomic mass is 9.99. The minimum atomic E-state index is -0.899. The molecule has 0 unspecified atom stereocenters. The summed E-state index contributed by atoms with van der Waals surface area (Å²) in [4.78, 5) is 34.5. The van der Waals surface area contributed by atoms with Crippen LogP contribution in [0.25, 0.3) is 0 Å². The van der Waals surface area contributed by atoms with Gasteiger partial charge in [-0.2, -0.15) is 0 Å². The molecule has 0 aliphatic rings. The van der Waals surface area contributed by atoms with Gasteiger partial charge in [-0.25, -0.2) is 9.59 Å². The molecule has 1 heterocycles. The molecule has 1 aromatic heterocycles. The molecule has 22 heavy (non-hydrogen) atoms. The summed E-state index contributed by atoms with van der Waals surface area (Å²) >= 11 is 0. The van der Waals surface area contributed by atoms with Gasteiger partial charge in [0.1, 0.15) is 11.8 Å². The second-order valence-corrected chi connectivity index (χ2v) is 4.85. The second kappa shape index (κ2) is 8.01. The van der Waals surface area contributed by atoms with E-state index in [9.17, 15) is 14.4 Å². The van der Waals surface area contributed by atoms with Crippen LogP contribution in [0.1, 0.15) is 26.0 Å². The Morgan fingerprint density at radius 2 is 2.14 bits per heavy atom. The highest BCUT2D eigenvalue weighted by Crippen LogP contribution is 2.10. The normalized spacial score (nSPS) is 13.0. The zero-order chi connectivity index (χ0) is 16.7. The second-order valence-electron chi connectivity index (χ2n) is 4.85. The molecule has 0 saturated carbocycles. The zero-order valence-electron chi connectivity index (χ0n) is 12.7. The van der Waals surface area contributed by atoms with Crippen molar-refractivity contribution in [1.82, 2.24) is 10.5 Å². The molecule has 1 rings (SSSR count). The maximum Gasteiger partial charge on any atom is 0.329 e. The lowest BCUT2D eigenvalue weighted by Crippen LogP contribution is -2.48. The van der Waals surface area contributed by atoms with Gasteiger partial charge in [0.15, 0.2) is 12.4 Å². The van der Waals surface area contributed by atoms with Crippen molar-refractivity contribution in [3.8, 4) is 0 Å². The fourth-order valence-electron chi connectivity index (χ4n) is 1.65. The lowest BCUT2D eigenvalue weighted by Gasteiger charge is -2.21. The highest BCUT2D eigenvalue weighted by Gasteiger charge is 2.27. The van der Waals surface area contributed by atoms with Crippen LogP contribution in [0.3, 0.4) is 0 Å². The van der Waals surface area contributed by atoms with E-state index in [-0.39, 0.29) is 11.7 Å². The first kappa shape index (κ1) is 17.5. The Balaban J connectivity index is 2.51. The smallest absolute Gasteiger partial charge is 0.329 e. The number of carbonyl (C=O) groups excluding carboxylic acids is 3. The van der Waals surface area contributed by atoms with E-state index in [4.69, 9.17) is 15.0 Å². The summed E-state index contributed by atoms with van der Waals surface area (Å²) in [5.74, 6) is -0.702. The number of urea groups is 1. The Bertz CT molecular complexity index is 542. The van der Waals surface area contributed by atoms with Gasteiger partial charge in [0, 0.05) is 6.07 Å². The molecule has 4 N–H and O–H groups in total. The number of anilines is 1. The molecule has 0 spiro atoms. The molecular weight excluding hydrogens is 292 g/mol. The minimum absolute atomic E-state index is 0.179. The van der Waals surface area contributed by atoms with Crippen molar-refractivity contribution in [2.24, 2.45) is 11.7 Å². The predicted octanol–water partition coefficient (Wildman–Crippen LogP) is 0.548. The van der Waals surface area contributed by atoms with Crippen LogP contribution in [0.4, 0.5) is 10.6 Å². The Labute approximate surface area is 127 Å². The Morgan fingerprint density at radius 3 is 2.64 bits per heavy atom. The van der Waals surface area contributed by atoms with Crippen LogP contribution in [0.2, 0.25) is 0 Å². The van der Waals surface area contributed by atoms with Gasteiger partial charge in [-0.1, -0.05) is 25.4 Å². The maximum atomic E-state index is 11.9. The van der Waals surface area contributed by atoms with E-state index in [0.29, 0.717) is 12.2 Å². The van der Waals surface area contributed by atoms with Crippen LogP contribution in [-0.2, 0) is 14.3 Å². The molecule has 1 aromatic rings. The first-order chi connectivity index (χ1) is 10.3. The summed E-state index contributed by atoms with van der Waals surface area (Å²) < 4.78 is 9.67. The third-order valence-electron chi connectivity index (χ3n) is 3.01. The minimum Gasteiger partial charge on any atom is -0.454 e. The van der Waals surface area contributed by atoms with Crippen molar-refractivity contribution >= 4 is 23.7 Å². The standard InChI is InChI=1S/C13H20N4O5/c1-4-7(2)11(16-13(14)20)12(19)21-6-10(18)15-9-5-8(3)22-17-9/h5,7,11H,4,6H2,1-3H3,(H3,14,16,20)(H,15,17,18)/t7-,11+/m1/s1. The number of nitrogens with one attached hydrogen (secondary N) is 2. The first-order valence-corrected chi connectivity index (χ1v) is 6.79. The Morgan fingerprint density at radius 1 is 1.45 bits per heavy atom. The Hall–Kier alpha value is -2.58. The van der Waals surface area contributed by atoms with Crippen molar-refractivity contribution in [3.05, 3.63) is 11.8 Å². The van der Waals surface area contributed by atoms with E-state index in [1.165, 1.54) is 6.07 Å². The number of rotatable bonds is 7. The van der Waals surface area contributed by atoms with Crippen molar-refractivity contribution in [2.45, 2.75) is 33.2 Å². The Kier molecular flexibility index (Phi) is 6.36. The van der Waals surface area contributed by atoms with Gasteiger partial charge in [-0.15, -0.1) is 0 Å². The molecule has 2 atom stereocenters. The molecule has 9 nitrogen and oxygen atoms in total. The molecule has 0 fully saturated rings. The number of carbonyl (C=O) groups is 3. The number of ether oxygens (including phenoxy) is 1. The average Bonchev–Trinajstić information content (AvgIpc) is 2.86. The molecule has 0 radical (unpaired) electrons. The van der Waals surface area contributed by atoms with Crippen molar-refractivity contribution in [2.75, 3.05) is 11.9 Å². The number of amides is 3. The lowest BCUT2D eigenvalue weighted by molar-refractivity contribution is -0.150. The fraction of sp³-hybridized carbons (Fsp3) is 0.538. The molecule has 0 bridgehead atoms. The highest BCUT2D eigenvalue weighted by molar-refractivity contribution is 5.92. The SMILES string of the molecule is CC[C@@H](C)[C@H](NC(N)=O)C(=O)OCC(=O)Nc1cc(C)on1. The van der Waals surface area contributed by atoms with Crippen LogP contribution in [0.15, 0.2) is 10.6 Å². The highest BCUT2D eigenvalue weighted by atomic mass is 16.5. The first-order valence-electron chi connectivity index (χ1n) is 6.79. The maximum absolute atomic E-state index is 11.9. The number of nitrogens with two attached hydrogens (primary N) is 1. The van der Waals surface area contributed by atoms with E-state index in [1.807, 2.05) is 6.92 Å². The summed E-state index contributed by atoms with van der Waals surface area (Å²) in [5.41, 5.74) is 5.03. The van der Waals surface area contributed by atoms with Crippen LogP contribution < -0.4 is 16.4 Å². The molecule has 3 amide bonds. The monoisotopic (exact) mass is 312 g/mol. The van der Waals surface area contributed by atoms with Gasteiger partial charge >= 0.3 is 12.0 Å². The average molecular weight is 312 g/mol. The molecule has 0 saturated heterocycles. The fourth-order valence-corrected chi connectivity index (χ4v) is 1.65. The van der Waals surface area contributed by atoms with Crippen LogP contribution in [0.5, 0.6) is 0 Å². The van der Waals surface area contributed by atoms with Gasteiger partial charge in [-0.05, 0) is 12.8 Å². The third kappa shape index (κ3) is 5.43. The van der Waals surface area contributed by atoms with Gasteiger partial charge in [0.2, 0.25) is 0 Å². The zero-order valence-corrected chi connectivity index (χ0v) is 12.7. The van der Waals surface area contributed by atoms with Crippen molar-refractivity contribution in [1.29, 1.82) is 0 Å². The van der Waals surface area contributed by atoms with E-state index >= 15 is 0 Å². The number of aromatic nitrogens is 1. The summed E-state index contributed by atoms with van der Waals surface area (Å²) in [5, 5.41) is 8.30. The van der Waals surface area contributed by atoms with Crippen molar-refractivity contribution < 1.29 is 23.6 Å². The third-order valence-corrected chi connectivity index (χ3v) is 3.01. The largest absolute Gasteiger partial charge is 0.454 e. The van der Waals surface area contributed by atoms with Gasteiger partial charge in [0.25, 0.3) is 5.91 Å². The van der Waals surface area contributed by atoms with Crippen molar-refractivity contribution in [3.63, 3.8) is 0 Å². The summed E-state index contributed by atoms with van der Waals surface area (Å²) in [6.45, 7) is 4.79. The van der Waals surface area contributed by atoms with Gasteiger partial charge in [0.05, 0.1) is 0 Å². The molecular formula is C13H20N4O5. The van der Waals surface area contributed by atoms with E-state index in [2.05, 4.69) is 15.8 Å². The van der Waals surface area contributed by atoms with Crippen LogP contribution in [0, 0.1) is 12.8 Å². The number of hydrogen-bond acceptors (Lipinski definition) is 6. The number of aryl methyl sites for hydroxylation is 1. The van der Waals surface area contributed by atoms with Gasteiger partial charge in [-0.3, -0.25) is 4.79 Å². The van der Waals surface area contributed by atoms with E-state index < -0.39 is 30.6 Å². The quantitative estimate of drug-likeness (QED) is 0.629. The summed E-state index contributed by atoms with van der Waals surface area (Å²) in [7, 11) is 0. The number of nitrogens with zero attached hydrogens (tertiary/aromatic N) is 1. The summed E-state index contributed by atoms with van der Waals surface area (Å²) in [6, 6.07) is -0.203. The number of primary amides is 1. The molecule has 9 heteroatoms. The van der Waals surface area contributed by atoms with E-state index in [0.717, 1.165) is 0 Å². The number of hydrogen-bond donors (Lipinski definition) is 3. The van der Waals surface area contributed by atoms with Crippen LogP contribution >= 0.6 is 0 Å².